The number of hydrogen-bond acceptors (Lipinski definition) is 2. The van der Waals surface area contributed by atoms with Crippen LogP contribution in [0.5, 0.6) is 0 Å². The van der Waals surface area contributed by atoms with Crippen LogP contribution >= 0.6 is 12.8 Å². The summed E-state index contributed by atoms with van der Waals surface area (Å²) in [7, 11) is 2.00. The summed E-state index contributed by atoms with van der Waals surface area (Å²) in [5.41, 5.74) is 0. The molecular formula is C7H17NS. The van der Waals surface area contributed by atoms with E-state index in [1.165, 1.54) is 25.7 Å². The standard InChI is InChI=1S/C7H17NS/c1-3-4-5-6-7-8(2)9/h9H,3-7H2,1-2H3. The van der Waals surface area contributed by atoms with Crippen molar-refractivity contribution < 1.29 is 0 Å². The molecule has 0 aliphatic carbocycles. The van der Waals surface area contributed by atoms with Gasteiger partial charge in [-0.1, -0.05) is 39.0 Å². The van der Waals surface area contributed by atoms with Gasteiger partial charge in [0.05, 0.1) is 0 Å². The first-order chi connectivity index (χ1) is 4.27. The molecule has 0 aliphatic heterocycles. The van der Waals surface area contributed by atoms with Crippen LogP contribution in [0.3, 0.4) is 0 Å². The molecule has 0 atom stereocenters. The molecule has 0 rings (SSSR count). The van der Waals surface area contributed by atoms with Gasteiger partial charge in [0.2, 0.25) is 0 Å². The molecule has 56 valence electrons. The van der Waals surface area contributed by atoms with Crippen LogP contribution in [0.1, 0.15) is 32.6 Å². The van der Waals surface area contributed by atoms with Crippen LogP contribution in [0.2, 0.25) is 0 Å². The molecule has 9 heavy (non-hydrogen) atoms. The van der Waals surface area contributed by atoms with E-state index in [0.29, 0.717) is 0 Å². The zero-order valence-corrected chi connectivity index (χ0v) is 7.32. The Kier molecular flexibility index (Phi) is 6.65. The van der Waals surface area contributed by atoms with Crippen molar-refractivity contribution in [2.24, 2.45) is 0 Å². The average Bonchev–Trinajstić information content (AvgIpc) is 1.80. The lowest BCUT2D eigenvalue weighted by Crippen LogP contribution is -2.05. The van der Waals surface area contributed by atoms with E-state index in [9.17, 15) is 0 Å². The highest BCUT2D eigenvalue weighted by molar-refractivity contribution is 7.77. The van der Waals surface area contributed by atoms with E-state index in [2.05, 4.69) is 19.7 Å². The van der Waals surface area contributed by atoms with Crippen LogP contribution in [0.4, 0.5) is 0 Å². The molecule has 0 radical (unpaired) electrons. The van der Waals surface area contributed by atoms with Crippen molar-refractivity contribution in [3.05, 3.63) is 0 Å². The molecular weight excluding hydrogens is 130 g/mol. The van der Waals surface area contributed by atoms with E-state index in [1.807, 2.05) is 11.4 Å². The van der Waals surface area contributed by atoms with E-state index in [1.54, 1.807) is 0 Å². The molecule has 2 heteroatoms. The lowest BCUT2D eigenvalue weighted by molar-refractivity contribution is 0.521. The van der Waals surface area contributed by atoms with Gasteiger partial charge in [-0.3, -0.25) is 4.31 Å². The summed E-state index contributed by atoms with van der Waals surface area (Å²) in [6.45, 7) is 3.34. The molecule has 0 heterocycles. The van der Waals surface area contributed by atoms with Gasteiger partial charge in [-0.2, -0.15) is 0 Å². The number of thiol groups is 1. The van der Waals surface area contributed by atoms with Crippen molar-refractivity contribution in [2.75, 3.05) is 13.6 Å². The zero-order valence-electron chi connectivity index (χ0n) is 6.43. The highest BCUT2D eigenvalue weighted by Crippen LogP contribution is 2.00. The fourth-order valence-electron chi connectivity index (χ4n) is 0.767. The first kappa shape index (κ1) is 9.31. The second-order valence-electron chi connectivity index (χ2n) is 2.44. The maximum absolute atomic E-state index is 4.13. The fraction of sp³-hybridized carbons (Fsp3) is 1.00. The maximum Gasteiger partial charge on any atom is 0.00838 e. The van der Waals surface area contributed by atoms with Gasteiger partial charge >= 0.3 is 0 Å². The molecule has 0 bridgehead atoms. The van der Waals surface area contributed by atoms with Crippen molar-refractivity contribution >= 4 is 12.8 Å². The minimum absolute atomic E-state index is 1.11. The third-order valence-corrected chi connectivity index (χ3v) is 1.54. The monoisotopic (exact) mass is 147 g/mol. The van der Waals surface area contributed by atoms with Crippen molar-refractivity contribution in [3.63, 3.8) is 0 Å². The Morgan fingerprint density at radius 1 is 1.22 bits per heavy atom. The SMILES string of the molecule is CCCCCCN(C)S. The average molecular weight is 147 g/mol. The van der Waals surface area contributed by atoms with E-state index >= 15 is 0 Å². The molecule has 0 unspecified atom stereocenters. The molecule has 1 nitrogen and oxygen atoms in total. The summed E-state index contributed by atoms with van der Waals surface area (Å²) in [5, 5.41) is 0. The van der Waals surface area contributed by atoms with E-state index < -0.39 is 0 Å². The molecule has 0 saturated carbocycles. The Hall–Kier alpha value is 0.310. The number of rotatable bonds is 5. The van der Waals surface area contributed by atoms with E-state index in [0.717, 1.165) is 6.54 Å². The highest BCUT2D eigenvalue weighted by atomic mass is 32.1. The molecule has 0 amide bonds. The third kappa shape index (κ3) is 8.31. The van der Waals surface area contributed by atoms with Gasteiger partial charge in [-0.25, -0.2) is 0 Å². The summed E-state index contributed by atoms with van der Waals surface area (Å²) in [6.07, 6.45) is 5.31. The summed E-state index contributed by atoms with van der Waals surface area (Å²) in [6, 6.07) is 0. The Morgan fingerprint density at radius 3 is 2.33 bits per heavy atom. The lowest BCUT2D eigenvalue weighted by atomic mass is 10.2. The summed E-state index contributed by atoms with van der Waals surface area (Å²) < 4.78 is 1.94. The first-order valence-electron chi connectivity index (χ1n) is 3.67. The van der Waals surface area contributed by atoms with E-state index in [4.69, 9.17) is 0 Å². The van der Waals surface area contributed by atoms with Crippen LogP contribution in [0.15, 0.2) is 0 Å². The van der Waals surface area contributed by atoms with E-state index in [-0.39, 0.29) is 0 Å². The summed E-state index contributed by atoms with van der Waals surface area (Å²) >= 11 is 4.13. The van der Waals surface area contributed by atoms with Gasteiger partial charge in [0.1, 0.15) is 0 Å². The Labute approximate surface area is 64.0 Å². The largest absolute Gasteiger partial charge is 0.256 e. The second-order valence-corrected chi connectivity index (χ2v) is 3.12. The molecule has 0 aliphatic rings. The predicted octanol–water partition coefficient (Wildman–Crippen LogP) is 2.34. The van der Waals surface area contributed by atoms with Crippen molar-refractivity contribution in [1.82, 2.24) is 4.31 Å². The van der Waals surface area contributed by atoms with Crippen molar-refractivity contribution in [3.8, 4) is 0 Å². The molecule has 0 N–H and O–H groups in total. The number of nitrogens with zero attached hydrogens (tertiary/aromatic N) is 1. The van der Waals surface area contributed by atoms with Crippen LogP contribution in [-0.2, 0) is 0 Å². The minimum atomic E-state index is 1.11. The topological polar surface area (TPSA) is 3.24 Å². The summed E-state index contributed by atoms with van der Waals surface area (Å²) in [4.78, 5) is 0. The number of unbranched alkanes of at least 4 members (excludes halogenated alkanes) is 3. The van der Waals surface area contributed by atoms with Crippen LogP contribution in [-0.4, -0.2) is 17.9 Å². The minimum Gasteiger partial charge on any atom is -0.256 e. The highest BCUT2D eigenvalue weighted by Gasteiger charge is 1.89. The third-order valence-electron chi connectivity index (χ3n) is 1.34. The normalized spacial score (nSPS) is 10.7. The molecule has 0 fully saturated rings. The van der Waals surface area contributed by atoms with Gasteiger partial charge in [0.25, 0.3) is 0 Å². The summed E-state index contributed by atoms with van der Waals surface area (Å²) in [5.74, 6) is 0. The van der Waals surface area contributed by atoms with Gasteiger partial charge in [-0.15, -0.1) is 0 Å². The van der Waals surface area contributed by atoms with Gasteiger partial charge in [0.15, 0.2) is 0 Å². The maximum atomic E-state index is 4.13. The van der Waals surface area contributed by atoms with Crippen LogP contribution in [0.25, 0.3) is 0 Å². The predicted molar refractivity (Wildman–Crippen MR) is 45.8 cm³/mol. The smallest absolute Gasteiger partial charge is 0.00838 e. The second kappa shape index (κ2) is 6.43. The van der Waals surface area contributed by atoms with Crippen LogP contribution in [0, 0.1) is 0 Å². The molecule has 0 aromatic heterocycles. The van der Waals surface area contributed by atoms with Gasteiger partial charge < -0.3 is 0 Å². The Bertz CT molecular complexity index is 54.9. The van der Waals surface area contributed by atoms with Crippen molar-refractivity contribution in [1.29, 1.82) is 0 Å². The fourth-order valence-corrected chi connectivity index (χ4v) is 0.909. The van der Waals surface area contributed by atoms with Crippen molar-refractivity contribution in [2.45, 2.75) is 32.6 Å². The molecule has 0 aromatic carbocycles. The van der Waals surface area contributed by atoms with Gasteiger partial charge in [-0.05, 0) is 13.5 Å². The quantitative estimate of drug-likeness (QED) is 0.461. The lowest BCUT2D eigenvalue weighted by Gasteiger charge is -2.06. The zero-order chi connectivity index (χ0) is 7.11. The van der Waals surface area contributed by atoms with Crippen LogP contribution < -0.4 is 0 Å². The number of hydrogen-bond donors (Lipinski definition) is 1. The molecule has 0 aromatic rings. The Morgan fingerprint density at radius 2 is 1.89 bits per heavy atom. The molecule has 0 spiro atoms. The first-order valence-corrected chi connectivity index (χ1v) is 4.07. The van der Waals surface area contributed by atoms with Gasteiger partial charge in [0, 0.05) is 6.54 Å². The Balaban J connectivity index is 2.75. The molecule has 0 saturated heterocycles.